The summed E-state index contributed by atoms with van der Waals surface area (Å²) in [5.41, 5.74) is 5.58. The van der Waals surface area contributed by atoms with Crippen molar-refractivity contribution in [2.24, 2.45) is 5.92 Å². The van der Waals surface area contributed by atoms with E-state index in [9.17, 15) is 0 Å². The van der Waals surface area contributed by atoms with Crippen LogP contribution < -0.4 is 0 Å². The number of aryl methyl sites for hydroxylation is 2. The van der Waals surface area contributed by atoms with Crippen LogP contribution >= 0.6 is 0 Å². The molecule has 20 heavy (non-hydrogen) atoms. The van der Waals surface area contributed by atoms with E-state index in [4.69, 9.17) is 0 Å². The second kappa shape index (κ2) is 9.00. The summed E-state index contributed by atoms with van der Waals surface area (Å²) in [7, 11) is 0. The summed E-state index contributed by atoms with van der Waals surface area (Å²) in [6.45, 7) is 13.3. The van der Waals surface area contributed by atoms with Crippen molar-refractivity contribution < 1.29 is 0 Å². The lowest BCUT2D eigenvalue weighted by Gasteiger charge is -2.11. The molecule has 1 aromatic rings. The Balaban J connectivity index is 2.56. The van der Waals surface area contributed by atoms with Crippen molar-refractivity contribution in [3.05, 3.63) is 41.5 Å². The molecule has 0 aliphatic carbocycles. The maximum Gasteiger partial charge on any atom is -0.0228 e. The number of rotatable bonds is 9. The Morgan fingerprint density at radius 2 is 1.90 bits per heavy atom. The first-order valence-corrected chi connectivity index (χ1v) is 8.32. The molecule has 0 fully saturated rings. The number of benzene rings is 1. The molecule has 0 aromatic heterocycles. The highest BCUT2D eigenvalue weighted by molar-refractivity contribution is 5.64. The average molecular weight is 272 g/mol. The van der Waals surface area contributed by atoms with Crippen molar-refractivity contribution in [1.82, 2.24) is 0 Å². The largest absolute Gasteiger partial charge is 0.0952 e. The van der Waals surface area contributed by atoms with E-state index >= 15 is 0 Å². The van der Waals surface area contributed by atoms with Crippen LogP contribution in [0.1, 0.15) is 76.0 Å². The number of unbranched alkanes of at least 4 members (excludes halogenated alkanes) is 2. The van der Waals surface area contributed by atoms with Crippen LogP contribution in [0.3, 0.4) is 0 Å². The van der Waals surface area contributed by atoms with Crippen molar-refractivity contribution in [2.75, 3.05) is 0 Å². The summed E-state index contributed by atoms with van der Waals surface area (Å²) in [5, 5.41) is 0. The first-order valence-electron chi connectivity index (χ1n) is 8.32. The Morgan fingerprint density at radius 3 is 2.50 bits per heavy atom. The number of hydrogen-bond donors (Lipinski definition) is 0. The van der Waals surface area contributed by atoms with Crippen LogP contribution in [0.2, 0.25) is 0 Å². The Labute approximate surface area is 126 Å². The monoisotopic (exact) mass is 272 g/mol. The van der Waals surface area contributed by atoms with E-state index in [0.29, 0.717) is 0 Å². The van der Waals surface area contributed by atoms with Crippen LogP contribution in [0.15, 0.2) is 24.8 Å². The first-order chi connectivity index (χ1) is 9.54. The molecule has 0 saturated heterocycles. The van der Waals surface area contributed by atoms with Crippen LogP contribution in [-0.4, -0.2) is 0 Å². The summed E-state index contributed by atoms with van der Waals surface area (Å²) < 4.78 is 0. The van der Waals surface area contributed by atoms with Crippen molar-refractivity contribution in [3.63, 3.8) is 0 Å². The lowest BCUT2D eigenvalue weighted by Crippen LogP contribution is -1.95. The van der Waals surface area contributed by atoms with Crippen molar-refractivity contribution in [1.29, 1.82) is 0 Å². The van der Waals surface area contributed by atoms with Crippen LogP contribution in [0, 0.1) is 12.8 Å². The van der Waals surface area contributed by atoms with Gasteiger partial charge in [0.2, 0.25) is 0 Å². The van der Waals surface area contributed by atoms with Crippen molar-refractivity contribution in [2.45, 2.75) is 72.6 Å². The molecule has 0 saturated carbocycles. The molecule has 0 heteroatoms. The topological polar surface area (TPSA) is 0 Å². The van der Waals surface area contributed by atoms with Gasteiger partial charge in [0.25, 0.3) is 0 Å². The number of allylic oxidation sites excluding steroid dienone is 1. The molecule has 0 nitrogen and oxygen atoms in total. The summed E-state index contributed by atoms with van der Waals surface area (Å²) in [4.78, 5) is 0. The van der Waals surface area contributed by atoms with E-state index in [1.807, 2.05) is 0 Å². The van der Waals surface area contributed by atoms with Gasteiger partial charge in [0, 0.05) is 0 Å². The third kappa shape index (κ3) is 5.94. The molecule has 0 bridgehead atoms. The van der Waals surface area contributed by atoms with Gasteiger partial charge in [-0.05, 0) is 60.8 Å². The Kier molecular flexibility index (Phi) is 7.65. The highest BCUT2D eigenvalue weighted by Gasteiger charge is 2.04. The molecule has 0 N–H and O–H groups in total. The van der Waals surface area contributed by atoms with Gasteiger partial charge in [0.05, 0.1) is 0 Å². The van der Waals surface area contributed by atoms with Gasteiger partial charge >= 0.3 is 0 Å². The number of hydrogen-bond acceptors (Lipinski definition) is 0. The summed E-state index contributed by atoms with van der Waals surface area (Å²) in [6.07, 6.45) is 8.84. The van der Waals surface area contributed by atoms with Gasteiger partial charge in [0.1, 0.15) is 0 Å². The lowest BCUT2D eigenvalue weighted by atomic mass is 9.94. The molecule has 0 atom stereocenters. The van der Waals surface area contributed by atoms with E-state index in [2.05, 4.69) is 52.5 Å². The molecule has 0 heterocycles. The summed E-state index contributed by atoms with van der Waals surface area (Å²) in [5.74, 6) is 0.813. The molecule has 0 spiro atoms. The SMILES string of the molecule is C=C(CCCCC)c1ccc(CCCC(C)C)c(C)c1. The summed E-state index contributed by atoms with van der Waals surface area (Å²) >= 11 is 0. The lowest BCUT2D eigenvalue weighted by molar-refractivity contribution is 0.555. The highest BCUT2D eigenvalue weighted by Crippen LogP contribution is 2.23. The molecule has 0 amide bonds. The second-order valence-corrected chi connectivity index (χ2v) is 6.49. The fourth-order valence-corrected chi connectivity index (χ4v) is 2.63. The van der Waals surface area contributed by atoms with E-state index in [1.54, 1.807) is 0 Å². The molecule has 0 radical (unpaired) electrons. The normalized spacial score (nSPS) is 11.1. The molecular formula is C20H32. The zero-order chi connectivity index (χ0) is 15.0. The minimum Gasteiger partial charge on any atom is -0.0952 e. The maximum atomic E-state index is 4.25. The second-order valence-electron chi connectivity index (χ2n) is 6.49. The molecular weight excluding hydrogens is 240 g/mol. The molecule has 0 aliphatic rings. The fraction of sp³-hybridized carbons (Fsp3) is 0.600. The van der Waals surface area contributed by atoms with Crippen LogP contribution in [0.4, 0.5) is 0 Å². The molecule has 112 valence electrons. The maximum absolute atomic E-state index is 4.25. The standard InChI is InChI=1S/C20H32/c1-6-7-8-11-17(4)20-14-13-19(18(5)15-20)12-9-10-16(2)3/h13-16H,4,6-12H2,1-3,5H3. The molecule has 0 unspecified atom stereocenters. The third-order valence-electron chi connectivity index (χ3n) is 4.06. The van der Waals surface area contributed by atoms with Gasteiger partial charge in [-0.3, -0.25) is 0 Å². The van der Waals surface area contributed by atoms with Gasteiger partial charge in [0.15, 0.2) is 0 Å². The van der Waals surface area contributed by atoms with Gasteiger partial charge in [-0.2, -0.15) is 0 Å². The van der Waals surface area contributed by atoms with Crippen LogP contribution in [0.5, 0.6) is 0 Å². The predicted octanol–water partition coefficient (Wildman–Crippen LogP) is 6.57. The van der Waals surface area contributed by atoms with Gasteiger partial charge < -0.3 is 0 Å². The van der Waals surface area contributed by atoms with Crippen LogP contribution in [0.25, 0.3) is 5.57 Å². The quantitative estimate of drug-likeness (QED) is 0.446. The molecule has 1 rings (SSSR count). The minimum absolute atomic E-state index is 0.813. The minimum atomic E-state index is 0.813. The highest BCUT2D eigenvalue weighted by atomic mass is 14.1. The van der Waals surface area contributed by atoms with E-state index in [0.717, 1.165) is 12.3 Å². The first kappa shape index (κ1) is 17.0. The van der Waals surface area contributed by atoms with Gasteiger partial charge in [-0.25, -0.2) is 0 Å². The molecule has 1 aromatic carbocycles. The van der Waals surface area contributed by atoms with E-state index < -0.39 is 0 Å². The van der Waals surface area contributed by atoms with Crippen molar-refractivity contribution >= 4 is 5.57 Å². The summed E-state index contributed by atoms with van der Waals surface area (Å²) in [6, 6.07) is 6.92. The Morgan fingerprint density at radius 1 is 1.15 bits per heavy atom. The van der Waals surface area contributed by atoms with E-state index in [-0.39, 0.29) is 0 Å². The molecule has 0 aliphatic heterocycles. The predicted molar refractivity (Wildman–Crippen MR) is 92.1 cm³/mol. The van der Waals surface area contributed by atoms with Crippen LogP contribution in [-0.2, 0) is 6.42 Å². The Hall–Kier alpha value is -1.04. The zero-order valence-electron chi connectivity index (χ0n) is 14.0. The fourth-order valence-electron chi connectivity index (χ4n) is 2.63. The van der Waals surface area contributed by atoms with Crippen molar-refractivity contribution in [3.8, 4) is 0 Å². The third-order valence-corrected chi connectivity index (χ3v) is 4.06. The van der Waals surface area contributed by atoms with Gasteiger partial charge in [-0.1, -0.05) is 64.8 Å². The Bertz CT molecular complexity index is 412. The zero-order valence-corrected chi connectivity index (χ0v) is 14.0. The van der Waals surface area contributed by atoms with E-state index in [1.165, 1.54) is 60.8 Å². The van der Waals surface area contributed by atoms with Gasteiger partial charge in [-0.15, -0.1) is 0 Å². The average Bonchev–Trinajstić information content (AvgIpc) is 2.40. The smallest absolute Gasteiger partial charge is 0.0228 e.